The van der Waals surface area contributed by atoms with E-state index in [0.717, 1.165) is 6.20 Å². The van der Waals surface area contributed by atoms with Gasteiger partial charge in [-0.3, -0.25) is 9.89 Å². The smallest absolute Gasteiger partial charge is 0.305 e. The van der Waals surface area contributed by atoms with Crippen LogP contribution in [-0.4, -0.2) is 42.3 Å². The van der Waals surface area contributed by atoms with Crippen LogP contribution in [0.4, 0.5) is 10.2 Å². The summed E-state index contributed by atoms with van der Waals surface area (Å²) in [6.07, 6.45) is 2.58. The Morgan fingerprint density at radius 3 is 2.85 bits per heavy atom. The molecule has 0 fully saturated rings. The molecule has 9 heteroatoms. The number of aromatic amines is 1. The van der Waals surface area contributed by atoms with Gasteiger partial charge in [0.05, 0.1) is 18.0 Å². The Labute approximate surface area is 148 Å². The van der Waals surface area contributed by atoms with Gasteiger partial charge in [0.2, 0.25) is 0 Å². The van der Waals surface area contributed by atoms with Gasteiger partial charge >= 0.3 is 5.97 Å². The zero-order valence-corrected chi connectivity index (χ0v) is 14.6. The summed E-state index contributed by atoms with van der Waals surface area (Å²) in [5, 5.41) is 19.6. The van der Waals surface area contributed by atoms with E-state index in [-0.39, 0.29) is 17.9 Å². The third-order valence-corrected chi connectivity index (χ3v) is 4.00. The molecule has 0 aliphatic heterocycles. The maximum Gasteiger partial charge on any atom is 0.305 e. The highest BCUT2D eigenvalue weighted by Crippen LogP contribution is 2.27. The Morgan fingerprint density at radius 2 is 2.15 bits per heavy atom. The highest BCUT2D eigenvalue weighted by Gasteiger charge is 2.27. The van der Waals surface area contributed by atoms with Gasteiger partial charge in [0.15, 0.2) is 11.5 Å². The number of hydrogen-bond donors (Lipinski definition) is 3. The third kappa shape index (κ3) is 3.76. The second kappa shape index (κ2) is 6.66. The Bertz CT molecular complexity index is 950. The van der Waals surface area contributed by atoms with E-state index >= 15 is 0 Å². The van der Waals surface area contributed by atoms with Crippen molar-refractivity contribution in [3.8, 4) is 11.5 Å². The number of anilines is 1. The molecular formula is C17H19FN6O2. The molecule has 0 bridgehead atoms. The number of carboxylic acids is 1. The van der Waals surface area contributed by atoms with Crippen LogP contribution in [0.5, 0.6) is 0 Å². The first-order valence-electron chi connectivity index (χ1n) is 8.05. The van der Waals surface area contributed by atoms with Crippen molar-refractivity contribution in [3.05, 3.63) is 30.3 Å². The number of H-pyrrole nitrogens is 1. The minimum absolute atomic E-state index is 0.0506. The number of carbonyl (C=O) groups is 1. The van der Waals surface area contributed by atoms with Crippen LogP contribution < -0.4 is 5.32 Å². The van der Waals surface area contributed by atoms with E-state index in [0.29, 0.717) is 28.4 Å². The molecule has 0 amide bonds. The predicted molar refractivity (Wildman–Crippen MR) is 94.0 cm³/mol. The molecule has 3 rings (SSSR count). The SMILES string of the molecule is CC(C)(C)C(CC(=O)O)Nc1ccnc(-c2[nH]nc3ncc(F)cc23)n1. The fourth-order valence-electron chi connectivity index (χ4n) is 2.53. The highest BCUT2D eigenvalue weighted by molar-refractivity contribution is 5.88. The normalized spacial score (nSPS) is 12.9. The molecule has 8 nitrogen and oxygen atoms in total. The topological polar surface area (TPSA) is 117 Å². The monoisotopic (exact) mass is 358 g/mol. The average Bonchev–Trinajstić information content (AvgIpc) is 2.96. The molecule has 3 heterocycles. The minimum atomic E-state index is -0.896. The van der Waals surface area contributed by atoms with Crippen molar-refractivity contribution in [2.45, 2.75) is 33.2 Å². The molecule has 0 aliphatic carbocycles. The molecule has 3 aromatic heterocycles. The molecule has 0 radical (unpaired) electrons. The number of aliphatic carboxylic acids is 1. The fourth-order valence-corrected chi connectivity index (χ4v) is 2.53. The van der Waals surface area contributed by atoms with E-state index < -0.39 is 11.8 Å². The van der Waals surface area contributed by atoms with Crippen LogP contribution in [0.2, 0.25) is 0 Å². The van der Waals surface area contributed by atoms with E-state index in [1.807, 2.05) is 20.8 Å². The molecule has 0 aromatic carbocycles. The van der Waals surface area contributed by atoms with Crippen molar-refractivity contribution in [3.63, 3.8) is 0 Å². The van der Waals surface area contributed by atoms with Gasteiger partial charge in [0.1, 0.15) is 17.3 Å². The lowest BCUT2D eigenvalue weighted by atomic mass is 9.85. The summed E-state index contributed by atoms with van der Waals surface area (Å²) < 4.78 is 13.5. The predicted octanol–water partition coefficient (Wildman–Crippen LogP) is 2.86. The summed E-state index contributed by atoms with van der Waals surface area (Å²) in [6, 6.07) is 2.63. The molecule has 3 N–H and O–H groups in total. The molecule has 0 aliphatic rings. The summed E-state index contributed by atoms with van der Waals surface area (Å²) in [4.78, 5) is 23.7. The van der Waals surface area contributed by atoms with E-state index in [1.54, 1.807) is 12.3 Å². The van der Waals surface area contributed by atoms with Gasteiger partial charge in [0.25, 0.3) is 0 Å². The van der Waals surface area contributed by atoms with Crippen LogP contribution in [-0.2, 0) is 4.79 Å². The number of halogens is 1. The first kappa shape index (κ1) is 17.7. The number of carboxylic acid groups (broad SMARTS) is 1. The number of nitrogens with zero attached hydrogens (tertiary/aromatic N) is 4. The summed E-state index contributed by atoms with van der Waals surface area (Å²) >= 11 is 0. The third-order valence-electron chi connectivity index (χ3n) is 4.00. The van der Waals surface area contributed by atoms with Crippen LogP contribution in [0.15, 0.2) is 24.5 Å². The Morgan fingerprint density at radius 1 is 1.38 bits per heavy atom. The highest BCUT2D eigenvalue weighted by atomic mass is 19.1. The zero-order chi connectivity index (χ0) is 18.9. The van der Waals surface area contributed by atoms with Gasteiger partial charge in [-0.1, -0.05) is 20.8 Å². The molecule has 0 saturated carbocycles. The minimum Gasteiger partial charge on any atom is -0.481 e. The largest absolute Gasteiger partial charge is 0.481 e. The number of pyridine rings is 1. The Balaban J connectivity index is 1.94. The summed E-state index contributed by atoms with van der Waals surface area (Å²) in [5.74, 6) is -0.590. The fraction of sp³-hybridized carbons (Fsp3) is 0.353. The average molecular weight is 358 g/mol. The number of fused-ring (bicyclic) bond motifs is 1. The van der Waals surface area contributed by atoms with Crippen molar-refractivity contribution < 1.29 is 14.3 Å². The summed E-state index contributed by atoms with van der Waals surface area (Å²) in [5.41, 5.74) is 0.514. The lowest BCUT2D eigenvalue weighted by Crippen LogP contribution is -2.36. The lowest BCUT2D eigenvalue weighted by molar-refractivity contribution is -0.137. The maximum absolute atomic E-state index is 13.5. The van der Waals surface area contributed by atoms with Gasteiger partial charge in [-0.15, -0.1) is 0 Å². The van der Waals surface area contributed by atoms with Gasteiger partial charge in [-0.2, -0.15) is 5.10 Å². The number of hydrogen-bond acceptors (Lipinski definition) is 6. The lowest BCUT2D eigenvalue weighted by Gasteiger charge is -2.30. The molecular weight excluding hydrogens is 339 g/mol. The first-order valence-corrected chi connectivity index (χ1v) is 8.05. The van der Waals surface area contributed by atoms with Crippen molar-refractivity contribution in [2.75, 3.05) is 5.32 Å². The molecule has 26 heavy (non-hydrogen) atoms. The number of nitrogens with one attached hydrogen (secondary N) is 2. The standard InChI is InChI=1S/C17H19FN6O2/c1-17(2,3)11(7-13(25)26)21-12-4-5-19-16(22-12)14-10-6-9(18)8-20-15(10)24-23-14/h4-6,8,11H,7H2,1-3H3,(H,25,26)(H,19,21,22)(H,20,23,24). The van der Waals surface area contributed by atoms with E-state index in [4.69, 9.17) is 5.11 Å². The van der Waals surface area contributed by atoms with E-state index in [2.05, 4.69) is 30.5 Å². The van der Waals surface area contributed by atoms with Gasteiger partial charge < -0.3 is 10.4 Å². The van der Waals surface area contributed by atoms with Crippen LogP contribution in [0.25, 0.3) is 22.6 Å². The Kier molecular flexibility index (Phi) is 4.54. The van der Waals surface area contributed by atoms with Crippen LogP contribution >= 0.6 is 0 Å². The molecule has 0 saturated heterocycles. The van der Waals surface area contributed by atoms with Crippen LogP contribution in [0, 0.1) is 11.2 Å². The zero-order valence-electron chi connectivity index (χ0n) is 14.6. The molecule has 1 unspecified atom stereocenters. The van der Waals surface area contributed by atoms with E-state index in [1.165, 1.54) is 6.07 Å². The van der Waals surface area contributed by atoms with Crippen molar-refractivity contribution in [1.82, 2.24) is 25.1 Å². The van der Waals surface area contributed by atoms with Crippen molar-refractivity contribution in [1.29, 1.82) is 0 Å². The second-order valence-corrected chi connectivity index (χ2v) is 7.05. The molecule has 0 spiro atoms. The van der Waals surface area contributed by atoms with Gasteiger partial charge in [-0.25, -0.2) is 19.3 Å². The van der Waals surface area contributed by atoms with Gasteiger partial charge in [0, 0.05) is 12.2 Å². The summed E-state index contributed by atoms with van der Waals surface area (Å²) in [7, 11) is 0. The summed E-state index contributed by atoms with van der Waals surface area (Å²) in [6.45, 7) is 5.85. The number of rotatable bonds is 5. The first-order chi connectivity index (χ1) is 12.2. The Hall–Kier alpha value is -3.10. The van der Waals surface area contributed by atoms with Crippen molar-refractivity contribution in [2.24, 2.45) is 5.41 Å². The van der Waals surface area contributed by atoms with Crippen LogP contribution in [0.3, 0.4) is 0 Å². The molecule has 136 valence electrons. The molecule has 1 atom stereocenters. The van der Waals surface area contributed by atoms with Crippen molar-refractivity contribution >= 4 is 22.8 Å². The maximum atomic E-state index is 13.5. The molecule has 3 aromatic rings. The second-order valence-electron chi connectivity index (χ2n) is 7.05. The van der Waals surface area contributed by atoms with Gasteiger partial charge in [-0.05, 0) is 17.5 Å². The number of aromatic nitrogens is 5. The van der Waals surface area contributed by atoms with Crippen LogP contribution in [0.1, 0.15) is 27.2 Å². The van der Waals surface area contributed by atoms with E-state index in [9.17, 15) is 9.18 Å². The quantitative estimate of drug-likeness (QED) is 0.642.